The zero-order chi connectivity index (χ0) is 11.0. The van der Waals surface area contributed by atoms with Gasteiger partial charge in [0.2, 0.25) is 6.08 Å². The topological polar surface area (TPSA) is 42.3 Å². The second-order valence-corrected chi connectivity index (χ2v) is 4.43. The summed E-state index contributed by atoms with van der Waals surface area (Å²) in [5.41, 5.74) is 1.51. The third kappa shape index (κ3) is 1.33. The lowest BCUT2D eigenvalue weighted by atomic mass is 10.2. The number of isocyanates is 1. The Hall–Kier alpha value is -2.03. The Morgan fingerprint density at radius 1 is 1.25 bits per heavy atom. The molecule has 0 spiro atoms. The van der Waals surface area contributed by atoms with Crippen LogP contribution in [-0.2, 0) is 4.79 Å². The molecule has 0 N–H and O–H groups in total. The molecule has 0 radical (unpaired) electrons. The van der Waals surface area contributed by atoms with Crippen LogP contribution in [0.15, 0.2) is 41.5 Å². The predicted molar refractivity (Wildman–Crippen MR) is 64.9 cm³/mol. The van der Waals surface area contributed by atoms with Gasteiger partial charge in [-0.05, 0) is 12.1 Å². The molecule has 3 aromatic rings. The average Bonchev–Trinajstić information content (AvgIpc) is 2.67. The van der Waals surface area contributed by atoms with Gasteiger partial charge >= 0.3 is 0 Å². The normalized spacial score (nSPS) is 10.5. The number of hydrogen-bond donors (Lipinski definition) is 0. The third-order valence-corrected chi connectivity index (χ3v) is 3.48. The van der Waals surface area contributed by atoms with Crippen molar-refractivity contribution >= 4 is 43.4 Å². The van der Waals surface area contributed by atoms with Crippen molar-refractivity contribution in [3.05, 3.63) is 36.5 Å². The Morgan fingerprint density at radius 2 is 2.12 bits per heavy atom. The van der Waals surface area contributed by atoms with Crippen LogP contribution in [0.25, 0.3) is 20.3 Å². The summed E-state index contributed by atoms with van der Waals surface area (Å²) in [6.07, 6.45) is 3.11. The molecule has 0 aliphatic carbocycles. The van der Waals surface area contributed by atoms with E-state index in [1.165, 1.54) is 10.8 Å². The zero-order valence-corrected chi connectivity index (χ0v) is 8.99. The molecule has 2 heterocycles. The molecule has 0 atom stereocenters. The molecule has 76 valence electrons. The first kappa shape index (κ1) is 9.21. The number of fused-ring (bicyclic) bond motifs is 3. The first-order chi connectivity index (χ1) is 7.88. The Balaban J connectivity index is 2.41. The van der Waals surface area contributed by atoms with Crippen LogP contribution in [0.3, 0.4) is 0 Å². The van der Waals surface area contributed by atoms with Crippen molar-refractivity contribution in [1.29, 1.82) is 0 Å². The van der Waals surface area contributed by atoms with E-state index in [9.17, 15) is 4.79 Å². The first-order valence-electron chi connectivity index (χ1n) is 4.73. The number of benzene rings is 1. The van der Waals surface area contributed by atoms with Crippen molar-refractivity contribution in [2.45, 2.75) is 0 Å². The van der Waals surface area contributed by atoms with E-state index < -0.39 is 0 Å². The molecule has 4 heteroatoms. The summed E-state index contributed by atoms with van der Waals surface area (Å²) in [6.45, 7) is 0. The Morgan fingerprint density at radius 3 is 3.00 bits per heavy atom. The summed E-state index contributed by atoms with van der Waals surface area (Å²) in [5, 5.41) is 1.14. The molecule has 3 rings (SSSR count). The number of aromatic nitrogens is 1. The highest BCUT2D eigenvalue weighted by Crippen LogP contribution is 2.33. The number of thiophene rings is 1. The van der Waals surface area contributed by atoms with Crippen LogP contribution in [0.2, 0.25) is 0 Å². The van der Waals surface area contributed by atoms with E-state index in [1.54, 1.807) is 17.5 Å². The largest absolute Gasteiger partial charge is 0.252 e. The van der Waals surface area contributed by atoms with Gasteiger partial charge in [0, 0.05) is 10.1 Å². The second kappa shape index (κ2) is 3.52. The second-order valence-electron chi connectivity index (χ2n) is 3.34. The highest BCUT2D eigenvalue weighted by Gasteiger charge is 2.05. The Bertz CT molecular complexity index is 726. The summed E-state index contributed by atoms with van der Waals surface area (Å²) in [6, 6.07) is 9.96. The van der Waals surface area contributed by atoms with Gasteiger partial charge in [-0.25, -0.2) is 4.79 Å². The molecular weight excluding hydrogens is 220 g/mol. The number of hydrogen-bond acceptors (Lipinski definition) is 4. The fraction of sp³-hybridized carbons (Fsp3) is 0. The third-order valence-electron chi connectivity index (χ3n) is 2.38. The molecule has 3 nitrogen and oxygen atoms in total. The van der Waals surface area contributed by atoms with Gasteiger partial charge in [-0.15, -0.1) is 11.3 Å². The lowest BCUT2D eigenvalue weighted by Gasteiger charge is -1.91. The summed E-state index contributed by atoms with van der Waals surface area (Å²) in [4.78, 5) is 18.1. The van der Waals surface area contributed by atoms with Gasteiger partial charge in [-0.2, -0.15) is 4.99 Å². The van der Waals surface area contributed by atoms with Crippen LogP contribution in [0.4, 0.5) is 5.69 Å². The van der Waals surface area contributed by atoms with Crippen molar-refractivity contribution in [3.8, 4) is 0 Å². The van der Waals surface area contributed by atoms with E-state index in [0.717, 1.165) is 15.6 Å². The lowest BCUT2D eigenvalue weighted by Crippen LogP contribution is -1.72. The monoisotopic (exact) mass is 226 g/mol. The molecule has 0 fully saturated rings. The molecule has 0 saturated heterocycles. The van der Waals surface area contributed by atoms with Crippen LogP contribution in [0.1, 0.15) is 0 Å². The van der Waals surface area contributed by atoms with Gasteiger partial charge in [0.15, 0.2) is 0 Å². The first-order valence-corrected chi connectivity index (χ1v) is 5.55. The summed E-state index contributed by atoms with van der Waals surface area (Å²) in [5.74, 6) is 0. The molecular formula is C12H6N2OS. The molecule has 2 aromatic heterocycles. The molecule has 16 heavy (non-hydrogen) atoms. The van der Waals surface area contributed by atoms with Crippen LogP contribution >= 0.6 is 11.3 Å². The van der Waals surface area contributed by atoms with Gasteiger partial charge in [-0.1, -0.05) is 18.2 Å². The van der Waals surface area contributed by atoms with E-state index >= 15 is 0 Å². The van der Waals surface area contributed by atoms with Crippen LogP contribution in [0.5, 0.6) is 0 Å². The molecule has 0 aliphatic rings. The average molecular weight is 226 g/mol. The zero-order valence-electron chi connectivity index (χ0n) is 8.18. The van der Waals surface area contributed by atoms with E-state index in [2.05, 4.69) is 16.0 Å². The van der Waals surface area contributed by atoms with E-state index in [1.807, 2.05) is 24.3 Å². The highest BCUT2D eigenvalue weighted by molar-refractivity contribution is 7.25. The number of nitrogens with zero attached hydrogens (tertiary/aromatic N) is 2. The maximum Gasteiger partial charge on any atom is 0.240 e. The smallest absolute Gasteiger partial charge is 0.240 e. The standard InChI is InChI=1S/C12H6N2OS/c15-7-14-8-5-11-12(13-6-8)9-3-1-2-4-10(9)16-11/h1-6H. The molecule has 0 saturated carbocycles. The van der Waals surface area contributed by atoms with Crippen molar-refractivity contribution in [1.82, 2.24) is 4.98 Å². The van der Waals surface area contributed by atoms with E-state index in [4.69, 9.17) is 0 Å². The highest BCUT2D eigenvalue weighted by atomic mass is 32.1. The minimum absolute atomic E-state index is 0.550. The molecule has 0 aliphatic heterocycles. The van der Waals surface area contributed by atoms with Crippen LogP contribution in [0, 0.1) is 0 Å². The maximum atomic E-state index is 10.2. The fourth-order valence-corrected chi connectivity index (χ4v) is 2.80. The molecule has 0 unspecified atom stereocenters. The Kier molecular flexibility index (Phi) is 2.03. The van der Waals surface area contributed by atoms with Crippen LogP contribution in [-0.4, -0.2) is 11.1 Å². The number of aliphatic imine (C=N–C) groups is 1. The predicted octanol–water partition coefficient (Wildman–Crippen LogP) is 3.42. The summed E-state index contributed by atoms with van der Waals surface area (Å²) in [7, 11) is 0. The van der Waals surface area contributed by atoms with Gasteiger partial charge in [0.05, 0.1) is 22.1 Å². The molecule has 1 aromatic carbocycles. The van der Waals surface area contributed by atoms with E-state index in [0.29, 0.717) is 5.69 Å². The number of rotatable bonds is 1. The van der Waals surface area contributed by atoms with Gasteiger partial charge in [0.1, 0.15) is 0 Å². The van der Waals surface area contributed by atoms with Gasteiger partial charge < -0.3 is 0 Å². The molecule has 0 amide bonds. The number of pyridine rings is 1. The van der Waals surface area contributed by atoms with Crippen molar-refractivity contribution < 1.29 is 4.79 Å². The molecule has 0 bridgehead atoms. The van der Waals surface area contributed by atoms with Gasteiger partial charge in [0.25, 0.3) is 0 Å². The fourth-order valence-electron chi connectivity index (χ4n) is 1.70. The van der Waals surface area contributed by atoms with Crippen molar-refractivity contribution in [2.24, 2.45) is 4.99 Å². The maximum absolute atomic E-state index is 10.2. The van der Waals surface area contributed by atoms with Crippen molar-refractivity contribution in [2.75, 3.05) is 0 Å². The SMILES string of the molecule is O=C=Nc1cnc2c(c1)sc1ccccc12. The summed E-state index contributed by atoms with van der Waals surface area (Å²) >= 11 is 1.65. The van der Waals surface area contributed by atoms with Crippen molar-refractivity contribution in [3.63, 3.8) is 0 Å². The van der Waals surface area contributed by atoms with Crippen LogP contribution < -0.4 is 0 Å². The van der Waals surface area contributed by atoms with Gasteiger partial charge in [-0.3, -0.25) is 4.98 Å². The number of carbonyl (C=O) groups excluding carboxylic acids is 1. The lowest BCUT2D eigenvalue weighted by molar-refractivity contribution is 0.565. The Labute approximate surface area is 95.1 Å². The minimum Gasteiger partial charge on any atom is -0.252 e. The van der Waals surface area contributed by atoms with E-state index in [-0.39, 0.29) is 0 Å². The minimum atomic E-state index is 0.550. The summed E-state index contributed by atoms with van der Waals surface area (Å²) < 4.78 is 2.23. The quantitative estimate of drug-likeness (QED) is 0.471.